The standard InChI is InChI=1S/C32H31N3O3/c1-3-19-34(30(36)22-38-21-24-11-5-4-6-12-24)23(2)31-33-29-16-10-9-15-28(29)32(37)35(31)27-18-17-25-13-7-8-14-26(25)20-27/h4-18,20,23H,3,19,21-22H2,1-2H3. The molecule has 6 heteroatoms. The molecule has 1 unspecified atom stereocenters. The van der Waals surface area contributed by atoms with Gasteiger partial charge in [-0.2, -0.15) is 0 Å². The van der Waals surface area contributed by atoms with E-state index in [2.05, 4.69) is 0 Å². The van der Waals surface area contributed by atoms with Crippen molar-refractivity contribution in [1.29, 1.82) is 0 Å². The third-order valence-electron chi connectivity index (χ3n) is 6.76. The van der Waals surface area contributed by atoms with Crippen LogP contribution >= 0.6 is 0 Å². The summed E-state index contributed by atoms with van der Waals surface area (Å²) in [7, 11) is 0. The normalized spacial score (nSPS) is 12.1. The highest BCUT2D eigenvalue weighted by Crippen LogP contribution is 2.25. The van der Waals surface area contributed by atoms with Crippen molar-refractivity contribution in [3.05, 3.63) is 119 Å². The van der Waals surface area contributed by atoms with Gasteiger partial charge in [0.15, 0.2) is 0 Å². The molecule has 192 valence electrons. The summed E-state index contributed by atoms with van der Waals surface area (Å²) in [6.07, 6.45) is 0.766. The summed E-state index contributed by atoms with van der Waals surface area (Å²) in [5, 5.41) is 2.65. The Kier molecular flexibility index (Phi) is 7.61. The molecule has 1 atom stereocenters. The van der Waals surface area contributed by atoms with Crippen molar-refractivity contribution in [1.82, 2.24) is 14.5 Å². The largest absolute Gasteiger partial charge is 0.367 e. The number of nitrogens with zero attached hydrogens (tertiary/aromatic N) is 3. The molecule has 4 aromatic carbocycles. The predicted octanol–water partition coefficient (Wildman–Crippen LogP) is 6.06. The minimum atomic E-state index is -0.452. The van der Waals surface area contributed by atoms with Gasteiger partial charge in [-0.05, 0) is 53.9 Å². The molecular weight excluding hydrogens is 474 g/mol. The summed E-state index contributed by atoms with van der Waals surface area (Å²) in [5.74, 6) is 0.386. The molecule has 0 spiro atoms. The molecule has 0 N–H and O–H groups in total. The molecule has 0 saturated heterocycles. The third kappa shape index (κ3) is 5.22. The number of hydrogen-bond acceptors (Lipinski definition) is 4. The molecule has 1 amide bonds. The Hall–Kier alpha value is -4.29. The van der Waals surface area contributed by atoms with Crippen LogP contribution < -0.4 is 5.56 Å². The molecule has 38 heavy (non-hydrogen) atoms. The number of benzene rings is 4. The number of ether oxygens (including phenoxy) is 1. The third-order valence-corrected chi connectivity index (χ3v) is 6.76. The van der Waals surface area contributed by atoms with Crippen LogP contribution in [0.25, 0.3) is 27.4 Å². The topological polar surface area (TPSA) is 64.4 Å². The first-order valence-corrected chi connectivity index (χ1v) is 13.0. The van der Waals surface area contributed by atoms with Gasteiger partial charge >= 0.3 is 0 Å². The van der Waals surface area contributed by atoms with E-state index in [0.717, 1.165) is 28.4 Å². The fourth-order valence-corrected chi connectivity index (χ4v) is 4.82. The maximum atomic E-state index is 13.9. The molecule has 0 saturated carbocycles. The average molecular weight is 506 g/mol. The van der Waals surface area contributed by atoms with E-state index in [4.69, 9.17) is 9.72 Å². The van der Waals surface area contributed by atoms with E-state index in [1.807, 2.05) is 105 Å². The maximum absolute atomic E-state index is 13.9. The smallest absolute Gasteiger partial charge is 0.266 e. The summed E-state index contributed by atoms with van der Waals surface area (Å²) >= 11 is 0. The van der Waals surface area contributed by atoms with Gasteiger partial charge in [-0.3, -0.25) is 14.2 Å². The molecule has 5 rings (SSSR count). The minimum Gasteiger partial charge on any atom is -0.367 e. The number of amides is 1. The van der Waals surface area contributed by atoms with Crippen LogP contribution in [0, 0.1) is 0 Å². The van der Waals surface area contributed by atoms with Crippen LogP contribution in [0.1, 0.15) is 37.7 Å². The zero-order chi connectivity index (χ0) is 26.5. The van der Waals surface area contributed by atoms with Gasteiger partial charge in [-0.15, -0.1) is 0 Å². The molecule has 5 aromatic rings. The first-order chi connectivity index (χ1) is 18.6. The zero-order valence-electron chi connectivity index (χ0n) is 21.7. The van der Waals surface area contributed by atoms with Crippen molar-refractivity contribution in [3.8, 4) is 5.69 Å². The van der Waals surface area contributed by atoms with Gasteiger partial charge in [-0.1, -0.05) is 79.7 Å². The summed E-state index contributed by atoms with van der Waals surface area (Å²) in [5.41, 5.74) is 2.19. The summed E-state index contributed by atoms with van der Waals surface area (Å²) in [4.78, 5) is 34.0. The molecule has 6 nitrogen and oxygen atoms in total. The lowest BCUT2D eigenvalue weighted by Gasteiger charge is -2.30. The highest BCUT2D eigenvalue weighted by Gasteiger charge is 2.26. The van der Waals surface area contributed by atoms with Gasteiger partial charge in [0.1, 0.15) is 12.4 Å². The molecule has 0 aliphatic carbocycles. The number of hydrogen-bond donors (Lipinski definition) is 0. The molecule has 1 heterocycles. The Bertz CT molecular complexity index is 1630. The minimum absolute atomic E-state index is 0.0486. The number of para-hydroxylation sites is 1. The molecule has 0 aliphatic rings. The number of rotatable bonds is 9. The first-order valence-electron chi connectivity index (χ1n) is 13.0. The van der Waals surface area contributed by atoms with E-state index in [9.17, 15) is 9.59 Å². The quantitative estimate of drug-likeness (QED) is 0.244. The van der Waals surface area contributed by atoms with Crippen molar-refractivity contribution < 1.29 is 9.53 Å². The van der Waals surface area contributed by atoms with Crippen LogP contribution in [0.5, 0.6) is 0 Å². The van der Waals surface area contributed by atoms with E-state index in [1.165, 1.54) is 0 Å². The van der Waals surface area contributed by atoms with Crippen LogP contribution in [0.15, 0.2) is 102 Å². The fraction of sp³-hybridized carbons (Fsp3) is 0.219. The zero-order valence-corrected chi connectivity index (χ0v) is 21.7. The fourth-order valence-electron chi connectivity index (χ4n) is 4.82. The number of aromatic nitrogens is 2. The van der Waals surface area contributed by atoms with Crippen LogP contribution in [0.2, 0.25) is 0 Å². The number of carbonyl (C=O) groups excluding carboxylic acids is 1. The van der Waals surface area contributed by atoms with Crippen molar-refractivity contribution in [3.63, 3.8) is 0 Å². The van der Waals surface area contributed by atoms with E-state index in [-0.39, 0.29) is 18.1 Å². The second kappa shape index (κ2) is 11.4. The van der Waals surface area contributed by atoms with Gasteiger partial charge in [0, 0.05) is 6.54 Å². The van der Waals surface area contributed by atoms with Crippen molar-refractivity contribution in [2.45, 2.75) is 32.9 Å². The lowest BCUT2D eigenvalue weighted by Crippen LogP contribution is -2.39. The Morgan fingerprint density at radius 2 is 1.63 bits per heavy atom. The highest BCUT2D eigenvalue weighted by atomic mass is 16.5. The second-order valence-corrected chi connectivity index (χ2v) is 9.40. The predicted molar refractivity (Wildman–Crippen MR) is 151 cm³/mol. The summed E-state index contributed by atoms with van der Waals surface area (Å²) in [6, 6.07) is 30.7. The Morgan fingerprint density at radius 1 is 0.921 bits per heavy atom. The number of fused-ring (bicyclic) bond motifs is 2. The van der Waals surface area contributed by atoms with E-state index < -0.39 is 6.04 Å². The van der Waals surface area contributed by atoms with Crippen LogP contribution in [-0.4, -0.2) is 33.5 Å². The van der Waals surface area contributed by atoms with E-state index >= 15 is 0 Å². The molecule has 0 fully saturated rings. The summed E-state index contributed by atoms with van der Waals surface area (Å²) < 4.78 is 7.42. The lowest BCUT2D eigenvalue weighted by atomic mass is 10.1. The van der Waals surface area contributed by atoms with Crippen molar-refractivity contribution in [2.75, 3.05) is 13.2 Å². The van der Waals surface area contributed by atoms with Crippen LogP contribution in [0.4, 0.5) is 0 Å². The van der Waals surface area contributed by atoms with E-state index in [0.29, 0.717) is 29.9 Å². The van der Waals surface area contributed by atoms with Crippen LogP contribution in [0.3, 0.4) is 0 Å². The average Bonchev–Trinajstić information content (AvgIpc) is 2.95. The number of carbonyl (C=O) groups is 1. The van der Waals surface area contributed by atoms with Gasteiger partial charge in [0.05, 0.1) is 29.2 Å². The Balaban J connectivity index is 1.54. The second-order valence-electron chi connectivity index (χ2n) is 9.40. The van der Waals surface area contributed by atoms with Gasteiger partial charge < -0.3 is 9.64 Å². The molecule has 0 aliphatic heterocycles. The van der Waals surface area contributed by atoms with Gasteiger partial charge in [-0.25, -0.2) is 4.98 Å². The summed E-state index contributed by atoms with van der Waals surface area (Å²) in [6.45, 7) is 4.79. The SMILES string of the molecule is CCCN(C(=O)COCc1ccccc1)C(C)c1nc2ccccc2c(=O)n1-c1ccc2ccccc2c1. The Labute approximate surface area is 222 Å². The van der Waals surface area contributed by atoms with Crippen LogP contribution in [-0.2, 0) is 16.1 Å². The monoisotopic (exact) mass is 505 g/mol. The molecule has 0 bridgehead atoms. The van der Waals surface area contributed by atoms with Crippen molar-refractivity contribution >= 4 is 27.6 Å². The van der Waals surface area contributed by atoms with Gasteiger partial charge in [0.2, 0.25) is 5.91 Å². The maximum Gasteiger partial charge on any atom is 0.266 e. The molecular formula is C32H31N3O3. The Morgan fingerprint density at radius 3 is 2.42 bits per heavy atom. The first kappa shape index (κ1) is 25.4. The van der Waals surface area contributed by atoms with E-state index in [1.54, 1.807) is 15.5 Å². The molecule has 1 aromatic heterocycles. The molecule has 0 radical (unpaired) electrons. The highest BCUT2D eigenvalue weighted by molar-refractivity contribution is 5.85. The van der Waals surface area contributed by atoms with Crippen molar-refractivity contribution in [2.24, 2.45) is 0 Å². The van der Waals surface area contributed by atoms with Gasteiger partial charge in [0.25, 0.3) is 5.56 Å². The lowest BCUT2D eigenvalue weighted by molar-refractivity contribution is -0.139.